The lowest BCUT2D eigenvalue weighted by atomic mass is 10.1. The molecule has 0 aliphatic heterocycles. The van der Waals surface area contributed by atoms with Crippen molar-refractivity contribution in [3.8, 4) is 0 Å². The average Bonchev–Trinajstić information content (AvgIpc) is 2.70. The summed E-state index contributed by atoms with van der Waals surface area (Å²) in [7, 11) is 0. The molecule has 6 heteroatoms. The number of rotatable bonds is 8. The van der Waals surface area contributed by atoms with Crippen molar-refractivity contribution in [1.29, 1.82) is 0 Å². The first-order valence-electron chi connectivity index (χ1n) is 9.40. The van der Waals surface area contributed by atoms with Crippen LogP contribution in [0.3, 0.4) is 0 Å². The van der Waals surface area contributed by atoms with Gasteiger partial charge in [0.15, 0.2) is 0 Å². The van der Waals surface area contributed by atoms with Gasteiger partial charge in [-0.3, -0.25) is 14.6 Å². The molecule has 1 unspecified atom stereocenters. The van der Waals surface area contributed by atoms with E-state index in [4.69, 9.17) is 0 Å². The molecule has 0 aliphatic carbocycles. The van der Waals surface area contributed by atoms with Crippen LogP contribution >= 0.6 is 0 Å². The molecule has 1 aromatic heterocycles. The topological polar surface area (TPSA) is 74.3 Å². The second-order valence-corrected chi connectivity index (χ2v) is 6.42. The second kappa shape index (κ2) is 9.71. The summed E-state index contributed by atoms with van der Waals surface area (Å²) >= 11 is 0. The Balaban J connectivity index is 2.07. The smallest absolute Gasteiger partial charge is 0.257 e. The van der Waals surface area contributed by atoms with E-state index < -0.39 is 0 Å². The van der Waals surface area contributed by atoms with Crippen LogP contribution in [0.1, 0.15) is 54.8 Å². The molecular weight excluding hydrogens is 340 g/mol. The molecule has 1 atom stereocenters. The van der Waals surface area contributed by atoms with Crippen molar-refractivity contribution >= 4 is 23.2 Å². The van der Waals surface area contributed by atoms with E-state index in [1.54, 1.807) is 6.07 Å². The summed E-state index contributed by atoms with van der Waals surface area (Å²) in [5.74, 6) is -0.522. The first kappa shape index (κ1) is 20.4. The van der Waals surface area contributed by atoms with E-state index >= 15 is 0 Å². The highest BCUT2D eigenvalue weighted by Crippen LogP contribution is 2.18. The SMILES string of the molecule is CCC(C)NC(=O)c1cncc(C(=O)Nc2ccc(N(CC)CC)cc2)c1. The Bertz CT molecular complexity index is 770. The van der Waals surface area contributed by atoms with Crippen molar-refractivity contribution in [2.24, 2.45) is 0 Å². The predicted octanol–water partition coefficient (Wildman–Crippen LogP) is 3.71. The summed E-state index contributed by atoms with van der Waals surface area (Å²) in [5, 5.41) is 5.72. The van der Waals surface area contributed by atoms with Gasteiger partial charge in [0.05, 0.1) is 11.1 Å². The van der Waals surface area contributed by atoms with Crippen LogP contribution in [-0.4, -0.2) is 35.9 Å². The fourth-order valence-corrected chi connectivity index (χ4v) is 2.65. The summed E-state index contributed by atoms with van der Waals surface area (Å²) in [6.45, 7) is 10.0. The zero-order chi connectivity index (χ0) is 19.8. The van der Waals surface area contributed by atoms with Gasteiger partial charge in [-0.15, -0.1) is 0 Å². The molecule has 2 N–H and O–H groups in total. The van der Waals surface area contributed by atoms with Crippen molar-refractivity contribution in [3.05, 3.63) is 53.9 Å². The van der Waals surface area contributed by atoms with E-state index in [9.17, 15) is 9.59 Å². The minimum absolute atomic E-state index is 0.0688. The Labute approximate surface area is 161 Å². The molecule has 1 aromatic carbocycles. The molecule has 27 heavy (non-hydrogen) atoms. The van der Waals surface area contributed by atoms with Gasteiger partial charge in [-0.05, 0) is 57.5 Å². The summed E-state index contributed by atoms with van der Waals surface area (Å²) in [6.07, 6.45) is 3.76. The first-order chi connectivity index (χ1) is 13.0. The molecule has 0 spiro atoms. The number of nitrogens with zero attached hydrogens (tertiary/aromatic N) is 2. The number of anilines is 2. The molecule has 0 bridgehead atoms. The number of pyridine rings is 1. The van der Waals surface area contributed by atoms with Gasteiger partial charge >= 0.3 is 0 Å². The number of carbonyl (C=O) groups is 2. The van der Waals surface area contributed by atoms with Crippen molar-refractivity contribution in [2.45, 2.75) is 40.2 Å². The molecule has 6 nitrogen and oxygen atoms in total. The maximum absolute atomic E-state index is 12.5. The minimum atomic E-state index is -0.295. The van der Waals surface area contributed by atoms with Gasteiger partial charge in [-0.2, -0.15) is 0 Å². The van der Waals surface area contributed by atoms with E-state index in [1.165, 1.54) is 12.4 Å². The molecule has 144 valence electrons. The molecule has 1 heterocycles. The van der Waals surface area contributed by atoms with E-state index in [-0.39, 0.29) is 17.9 Å². The van der Waals surface area contributed by atoms with Crippen LogP contribution in [0.2, 0.25) is 0 Å². The minimum Gasteiger partial charge on any atom is -0.372 e. The Morgan fingerprint density at radius 3 is 2.15 bits per heavy atom. The van der Waals surface area contributed by atoms with E-state index in [1.807, 2.05) is 38.1 Å². The van der Waals surface area contributed by atoms with E-state index in [0.717, 1.165) is 25.2 Å². The summed E-state index contributed by atoms with van der Waals surface area (Å²) in [6, 6.07) is 9.34. The maximum atomic E-state index is 12.5. The highest BCUT2D eigenvalue weighted by Gasteiger charge is 2.13. The monoisotopic (exact) mass is 368 g/mol. The highest BCUT2D eigenvalue weighted by atomic mass is 16.2. The number of hydrogen-bond donors (Lipinski definition) is 2. The lowest BCUT2D eigenvalue weighted by molar-refractivity contribution is 0.0939. The Morgan fingerprint density at radius 1 is 1.00 bits per heavy atom. The van der Waals surface area contributed by atoms with E-state index in [0.29, 0.717) is 16.8 Å². The largest absolute Gasteiger partial charge is 0.372 e. The zero-order valence-corrected chi connectivity index (χ0v) is 16.5. The summed E-state index contributed by atoms with van der Waals surface area (Å²) in [5.41, 5.74) is 2.54. The number of hydrogen-bond acceptors (Lipinski definition) is 4. The van der Waals surface area contributed by atoms with Crippen LogP contribution in [0.4, 0.5) is 11.4 Å². The lowest BCUT2D eigenvalue weighted by Crippen LogP contribution is -2.32. The number of amides is 2. The molecule has 0 saturated carbocycles. The van der Waals surface area contributed by atoms with Gasteiger partial charge in [-0.1, -0.05) is 6.92 Å². The molecule has 2 amide bonds. The molecular formula is C21H28N4O2. The van der Waals surface area contributed by atoms with Gasteiger partial charge in [0.1, 0.15) is 0 Å². The molecule has 0 fully saturated rings. The fourth-order valence-electron chi connectivity index (χ4n) is 2.65. The number of aromatic nitrogens is 1. The van der Waals surface area contributed by atoms with Gasteiger partial charge < -0.3 is 15.5 Å². The van der Waals surface area contributed by atoms with Crippen LogP contribution in [0.15, 0.2) is 42.7 Å². The van der Waals surface area contributed by atoms with Gasteiger partial charge in [0.25, 0.3) is 11.8 Å². The molecule has 0 radical (unpaired) electrons. The fraction of sp³-hybridized carbons (Fsp3) is 0.381. The van der Waals surface area contributed by atoms with Gasteiger partial charge in [0.2, 0.25) is 0 Å². The summed E-state index contributed by atoms with van der Waals surface area (Å²) < 4.78 is 0. The Hall–Kier alpha value is -2.89. The van der Waals surface area contributed by atoms with Crippen LogP contribution in [0, 0.1) is 0 Å². The molecule has 0 saturated heterocycles. The van der Waals surface area contributed by atoms with Crippen LogP contribution in [-0.2, 0) is 0 Å². The van der Waals surface area contributed by atoms with Gasteiger partial charge in [-0.25, -0.2) is 0 Å². The normalized spacial score (nSPS) is 11.6. The third kappa shape index (κ3) is 5.54. The van der Waals surface area contributed by atoms with Crippen molar-refractivity contribution in [2.75, 3.05) is 23.3 Å². The zero-order valence-electron chi connectivity index (χ0n) is 16.5. The van der Waals surface area contributed by atoms with Gasteiger partial charge in [0, 0.05) is 42.9 Å². The highest BCUT2D eigenvalue weighted by molar-refractivity contribution is 6.05. The number of nitrogens with one attached hydrogen (secondary N) is 2. The standard InChI is InChI=1S/C21H28N4O2/c1-5-15(4)23-20(26)16-12-17(14-22-13-16)21(27)24-18-8-10-19(11-9-18)25(6-2)7-3/h8-15H,5-7H2,1-4H3,(H,23,26)(H,24,27). The molecule has 2 rings (SSSR count). The maximum Gasteiger partial charge on any atom is 0.257 e. The van der Waals surface area contributed by atoms with E-state index in [2.05, 4.69) is 34.4 Å². The lowest BCUT2D eigenvalue weighted by Gasteiger charge is -2.21. The van der Waals surface area contributed by atoms with Crippen molar-refractivity contribution in [3.63, 3.8) is 0 Å². The number of carbonyl (C=O) groups excluding carboxylic acids is 2. The molecule has 2 aromatic rings. The Morgan fingerprint density at radius 2 is 1.59 bits per heavy atom. The number of benzene rings is 1. The summed E-state index contributed by atoms with van der Waals surface area (Å²) in [4.78, 5) is 31.0. The van der Waals surface area contributed by atoms with Crippen molar-refractivity contribution in [1.82, 2.24) is 10.3 Å². The van der Waals surface area contributed by atoms with Crippen LogP contribution in [0.5, 0.6) is 0 Å². The van der Waals surface area contributed by atoms with Crippen LogP contribution in [0.25, 0.3) is 0 Å². The van der Waals surface area contributed by atoms with Crippen molar-refractivity contribution < 1.29 is 9.59 Å². The Kier molecular flexibility index (Phi) is 7.34. The third-order valence-electron chi connectivity index (χ3n) is 4.51. The third-order valence-corrected chi connectivity index (χ3v) is 4.51. The predicted molar refractivity (Wildman–Crippen MR) is 109 cm³/mol. The molecule has 0 aliphatic rings. The first-order valence-corrected chi connectivity index (χ1v) is 9.40. The second-order valence-electron chi connectivity index (χ2n) is 6.42. The quantitative estimate of drug-likeness (QED) is 0.745. The van der Waals surface area contributed by atoms with Crippen LogP contribution < -0.4 is 15.5 Å². The average molecular weight is 368 g/mol.